The zero-order valence-electron chi connectivity index (χ0n) is 32.3. The predicted octanol–water partition coefficient (Wildman–Crippen LogP) is 9.43. The monoisotopic (exact) mass is 772 g/mol. The highest BCUT2D eigenvalue weighted by Gasteiger charge is 2.44. The molecule has 8 nitrogen and oxygen atoms in total. The van der Waals surface area contributed by atoms with E-state index in [1.165, 1.54) is 77.3 Å². The summed E-state index contributed by atoms with van der Waals surface area (Å²) in [6.45, 7) is 3.87. The Morgan fingerprint density at radius 2 is 0.870 bits per heavy atom. The van der Waals surface area contributed by atoms with Gasteiger partial charge in [-0.2, -0.15) is 0 Å². The van der Waals surface area contributed by atoms with Crippen LogP contribution in [0.25, 0.3) is 0 Å². The van der Waals surface area contributed by atoms with Crippen molar-refractivity contribution in [2.24, 2.45) is 11.8 Å². The quantitative estimate of drug-likeness (QED) is 0.0947. The van der Waals surface area contributed by atoms with Crippen LogP contribution in [0.5, 0.6) is 0 Å². The zero-order valence-corrected chi connectivity index (χ0v) is 34.0. The van der Waals surface area contributed by atoms with Gasteiger partial charge in [0.05, 0.1) is 0 Å². The van der Waals surface area contributed by atoms with Crippen molar-refractivity contribution in [2.45, 2.75) is 139 Å². The number of hydrogen-bond acceptors (Lipinski definition) is 6. The molecule has 4 N–H and O–H groups in total. The molecule has 4 heterocycles. The van der Waals surface area contributed by atoms with Crippen LogP contribution in [0.3, 0.4) is 0 Å². The van der Waals surface area contributed by atoms with Crippen LogP contribution < -0.4 is 21.3 Å². The largest absolute Gasteiger partial charge is 0.338 e. The number of rotatable bonds is 17. The highest BCUT2D eigenvalue weighted by atomic mass is 33.1. The second-order valence-electron chi connectivity index (χ2n) is 17.1. The summed E-state index contributed by atoms with van der Waals surface area (Å²) in [6, 6.07) is 21.4. The molecule has 0 aromatic heterocycles. The number of nitrogens with one attached hydrogen (secondary N) is 4. The zero-order chi connectivity index (χ0) is 36.7. The van der Waals surface area contributed by atoms with E-state index < -0.39 is 0 Å². The number of carbonyl (C=O) groups is 2. The maximum atomic E-state index is 12.5. The Balaban J connectivity index is 0.587. The molecule has 0 radical (unpaired) electrons. The lowest BCUT2D eigenvalue weighted by molar-refractivity contribution is 0.185. The minimum atomic E-state index is -0.00405. The third-order valence-electron chi connectivity index (χ3n) is 13.9. The van der Waals surface area contributed by atoms with Crippen LogP contribution in [-0.2, 0) is 0 Å². The summed E-state index contributed by atoms with van der Waals surface area (Å²) in [4.78, 5) is 30.6. The molecule has 0 unspecified atom stereocenters. The Bertz CT molecular complexity index is 1370. The normalized spacial score (nSPS) is 29.9. The van der Waals surface area contributed by atoms with Crippen molar-refractivity contribution in [1.82, 2.24) is 31.1 Å². The molecule has 4 aliphatic heterocycles. The first-order valence-electron chi connectivity index (χ1n) is 21.6. The minimum absolute atomic E-state index is 0.00405. The lowest BCUT2D eigenvalue weighted by atomic mass is 9.84. The van der Waals surface area contributed by atoms with Crippen LogP contribution in [0.1, 0.15) is 149 Å². The molecule has 4 atom stereocenters. The second-order valence-corrected chi connectivity index (χ2v) is 19.8. The van der Waals surface area contributed by atoms with Crippen molar-refractivity contribution in [3.05, 3.63) is 70.8 Å². The van der Waals surface area contributed by atoms with E-state index >= 15 is 0 Å². The summed E-state index contributed by atoms with van der Waals surface area (Å²) < 4.78 is 0. The maximum absolute atomic E-state index is 12.5. The van der Waals surface area contributed by atoms with Gasteiger partial charge in [0.25, 0.3) is 0 Å². The van der Waals surface area contributed by atoms with E-state index in [1.807, 2.05) is 21.6 Å². The van der Waals surface area contributed by atoms with Gasteiger partial charge in [0.2, 0.25) is 0 Å². The molecular formula is C44H64N6O2S2. The number of amides is 4. The Hall–Kier alpha value is -2.40. The number of benzene rings is 2. The fourth-order valence-electron chi connectivity index (χ4n) is 11.0. The van der Waals surface area contributed by atoms with Gasteiger partial charge in [0.1, 0.15) is 0 Å². The van der Waals surface area contributed by atoms with E-state index in [-0.39, 0.29) is 12.1 Å². The average Bonchev–Trinajstić information content (AvgIpc) is 3.96. The highest BCUT2D eigenvalue weighted by Crippen LogP contribution is 2.54. The van der Waals surface area contributed by atoms with E-state index in [0.29, 0.717) is 49.3 Å². The van der Waals surface area contributed by atoms with E-state index in [4.69, 9.17) is 0 Å². The summed E-state index contributed by atoms with van der Waals surface area (Å²) in [5.41, 5.74) is 6.33. The third-order valence-corrected chi connectivity index (χ3v) is 16.5. The van der Waals surface area contributed by atoms with Gasteiger partial charge >= 0.3 is 12.1 Å². The fraction of sp³-hybridized carbons (Fsp3) is 0.682. The standard InChI is InChI=1S/C44H64N6O2S2/c51-43(47-33-15-11-31(12-16-33)23-27-49-39-19-20-40(49)36-8-2-1-7-35(36)39)45-25-5-29-53-54-30-6-26-46-44(52)48-34-17-13-32(14-18-34)24-28-50-41-21-22-42(50)38-10-4-3-9-37(38)41/h1-4,7-10,31-34,39-42H,5-6,11-30H2,(H2,45,47,51)(H2,46,48,52)/t31?,32?,33?,34?,39-,40+,41-,42+. The van der Waals surface area contributed by atoms with E-state index in [9.17, 15) is 9.59 Å². The summed E-state index contributed by atoms with van der Waals surface area (Å²) in [5, 5.41) is 12.6. The minimum Gasteiger partial charge on any atom is -0.338 e. The smallest absolute Gasteiger partial charge is 0.315 e. The average molecular weight is 773 g/mol. The Kier molecular flexibility index (Phi) is 13.3. The lowest BCUT2D eigenvalue weighted by Crippen LogP contribution is -2.44. The predicted molar refractivity (Wildman–Crippen MR) is 224 cm³/mol. The summed E-state index contributed by atoms with van der Waals surface area (Å²) in [7, 11) is 3.73. The van der Waals surface area contributed by atoms with Crippen LogP contribution in [-0.4, -0.2) is 71.6 Å². The molecular weight excluding hydrogens is 709 g/mol. The van der Waals surface area contributed by atoms with Gasteiger partial charge in [-0.3, -0.25) is 9.80 Å². The van der Waals surface area contributed by atoms with E-state index in [2.05, 4.69) is 79.6 Å². The molecule has 0 spiro atoms. The van der Waals surface area contributed by atoms with Crippen LogP contribution in [0.15, 0.2) is 48.5 Å². The molecule has 8 rings (SSSR count). The first-order chi connectivity index (χ1) is 26.6. The third kappa shape index (κ3) is 9.24. The first-order valence-corrected chi connectivity index (χ1v) is 24.1. The van der Waals surface area contributed by atoms with Crippen molar-refractivity contribution in [2.75, 3.05) is 37.7 Å². The van der Waals surface area contributed by atoms with Crippen molar-refractivity contribution in [1.29, 1.82) is 0 Å². The van der Waals surface area contributed by atoms with Gasteiger partial charge in [-0.15, -0.1) is 0 Å². The van der Waals surface area contributed by atoms with Crippen molar-refractivity contribution in [3.63, 3.8) is 0 Å². The second kappa shape index (κ2) is 18.7. The number of urea groups is 2. The summed E-state index contributed by atoms with van der Waals surface area (Å²) >= 11 is 0. The molecule has 2 aromatic rings. The Morgan fingerprint density at radius 1 is 0.519 bits per heavy atom. The molecule has 2 saturated carbocycles. The van der Waals surface area contributed by atoms with Gasteiger partial charge < -0.3 is 21.3 Å². The van der Waals surface area contributed by atoms with Crippen LogP contribution in [0.4, 0.5) is 9.59 Å². The molecule has 294 valence electrons. The molecule has 6 aliphatic rings. The lowest BCUT2D eigenvalue weighted by Gasteiger charge is -2.31. The van der Waals surface area contributed by atoms with Gasteiger partial charge in [0.15, 0.2) is 0 Å². The van der Waals surface area contributed by atoms with Crippen molar-refractivity contribution >= 4 is 33.7 Å². The van der Waals surface area contributed by atoms with E-state index in [1.54, 1.807) is 22.3 Å². The molecule has 4 bridgehead atoms. The van der Waals surface area contributed by atoms with Crippen molar-refractivity contribution in [3.8, 4) is 0 Å². The van der Waals surface area contributed by atoms with Crippen LogP contribution in [0.2, 0.25) is 0 Å². The Labute approximate surface area is 332 Å². The molecule has 2 saturated heterocycles. The fourth-order valence-corrected chi connectivity index (χ4v) is 13.2. The van der Waals surface area contributed by atoms with Crippen LogP contribution in [0, 0.1) is 11.8 Å². The molecule has 4 amide bonds. The number of fused-ring (bicyclic) bond motifs is 10. The van der Waals surface area contributed by atoms with Gasteiger partial charge in [-0.25, -0.2) is 9.59 Å². The SMILES string of the molecule is O=C(NCCCSSCCCNC(=O)NC1CCC(CCN2[C@@H]3CC[C@H]2c2ccccc23)CC1)NC1CCC(CCN2[C@@H]3CC[C@H]2c2ccccc23)CC1. The molecule has 54 heavy (non-hydrogen) atoms. The topological polar surface area (TPSA) is 88.7 Å². The van der Waals surface area contributed by atoms with Crippen molar-refractivity contribution < 1.29 is 9.59 Å². The number of nitrogens with zero attached hydrogens (tertiary/aromatic N) is 2. The molecule has 2 aliphatic carbocycles. The number of hydrogen-bond donors (Lipinski definition) is 4. The Morgan fingerprint density at radius 3 is 1.22 bits per heavy atom. The highest BCUT2D eigenvalue weighted by molar-refractivity contribution is 8.76. The summed E-state index contributed by atoms with van der Waals surface area (Å²) in [6.07, 6.45) is 19.1. The summed E-state index contributed by atoms with van der Waals surface area (Å²) in [5.74, 6) is 3.61. The maximum Gasteiger partial charge on any atom is 0.315 e. The first kappa shape index (κ1) is 38.5. The molecule has 4 fully saturated rings. The van der Waals surface area contributed by atoms with E-state index in [0.717, 1.165) is 61.9 Å². The van der Waals surface area contributed by atoms with Crippen LogP contribution >= 0.6 is 21.6 Å². The van der Waals surface area contributed by atoms with Gasteiger partial charge in [-0.1, -0.05) is 70.1 Å². The number of carbonyl (C=O) groups excluding carboxylic acids is 2. The molecule has 10 heteroatoms. The van der Waals surface area contributed by atoms with Gasteiger partial charge in [-0.05, 0) is 150 Å². The van der Waals surface area contributed by atoms with Gasteiger partial charge in [0, 0.05) is 60.8 Å². The molecule has 2 aromatic carbocycles.